The summed E-state index contributed by atoms with van der Waals surface area (Å²) in [6.07, 6.45) is 3.18. The van der Waals surface area contributed by atoms with Crippen LogP contribution in [0.1, 0.15) is 48.4 Å². The van der Waals surface area contributed by atoms with Gasteiger partial charge in [0.2, 0.25) is 0 Å². The molecule has 102 valence electrons. The van der Waals surface area contributed by atoms with Crippen LogP contribution >= 0.6 is 27.3 Å². The van der Waals surface area contributed by atoms with Gasteiger partial charge in [-0.3, -0.25) is 4.79 Å². The normalized spacial score (nSPS) is 12.4. The molecular weight excluding hydrogens is 314 g/mol. The van der Waals surface area contributed by atoms with Crippen molar-refractivity contribution in [2.75, 3.05) is 6.61 Å². The van der Waals surface area contributed by atoms with Crippen molar-refractivity contribution in [1.29, 1.82) is 0 Å². The number of rotatable bonds is 7. The number of carbonyl (C=O) groups is 1. The standard InChI is InChI=1S/C13H20BrNO2S/c1-3-17-12(16)7-5-4-6-11(15)13-10(14)8-9(2)18-13/h8,11H,3-7,15H2,1-2H3. The van der Waals surface area contributed by atoms with Crippen molar-refractivity contribution in [3.8, 4) is 0 Å². The maximum absolute atomic E-state index is 11.2. The Balaban J connectivity index is 2.27. The first-order chi connectivity index (χ1) is 8.54. The summed E-state index contributed by atoms with van der Waals surface area (Å²) in [5, 5.41) is 0. The number of ether oxygens (including phenoxy) is 1. The molecule has 18 heavy (non-hydrogen) atoms. The van der Waals surface area contributed by atoms with Crippen LogP contribution in [0.5, 0.6) is 0 Å². The van der Waals surface area contributed by atoms with E-state index in [-0.39, 0.29) is 12.0 Å². The summed E-state index contributed by atoms with van der Waals surface area (Å²) in [5.41, 5.74) is 6.15. The third kappa shape index (κ3) is 5.08. The molecule has 0 amide bonds. The fraction of sp³-hybridized carbons (Fsp3) is 0.615. The van der Waals surface area contributed by atoms with Gasteiger partial charge in [-0.2, -0.15) is 0 Å². The molecule has 1 rings (SSSR count). The average molecular weight is 334 g/mol. The minimum atomic E-state index is -0.112. The van der Waals surface area contributed by atoms with Crippen molar-refractivity contribution >= 4 is 33.2 Å². The van der Waals surface area contributed by atoms with E-state index in [2.05, 4.69) is 28.9 Å². The number of aryl methyl sites for hydroxylation is 1. The van der Waals surface area contributed by atoms with Gasteiger partial charge < -0.3 is 10.5 Å². The Morgan fingerprint density at radius 2 is 2.28 bits per heavy atom. The lowest BCUT2D eigenvalue weighted by molar-refractivity contribution is -0.143. The Bertz CT molecular complexity index is 392. The molecule has 3 nitrogen and oxygen atoms in total. The van der Waals surface area contributed by atoms with Gasteiger partial charge in [0, 0.05) is 26.7 Å². The first-order valence-corrected chi connectivity index (χ1v) is 7.82. The zero-order chi connectivity index (χ0) is 13.5. The SMILES string of the molecule is CCOC(=O)CCCCC(N)c1sc(C)cc1Br. The predicted molar refractivity (Wildman–Crippen MR) is 78.8 cm³/mol. The Morgan fingerprint density at radius 3 is 2.83 bits per heavy atom. The topological polar surface area (TPSA) is 52.3 Å². The van der Waals surface area contributed by atoms with Crippen LogP contribution in [0.3, 0.4) is 0 Å². The van der Waals surface area contributed by atoms with E-state index in [1.54, 1.807) is 11.3 Å². The van der Waals surface area contributed by atoms with Crippen LogP contribution < -0.4 is 5.73 Å². The summed E-state index contributed by atoms with van der Waals surface area (Å²) < 4.78 is 5.98. The fourth-order valence-electron chi connectivity index (χ4n) is 1.75. The van der Waals surface area contributed by atoms with Gasteiger partial charge in [0.15, 0.2) is 0 Å². The number of halogens is 1. The third-order valence-corrected chi connectivity index (χ3v) is 4.73. The zero-order valence-electron chi connectivity index (χ0n) is 10.9. The second kappa shape index (κ2) is 7.92. The van der Waals surface area contributed by atoms with Gasteiger partial charge in [-0.15, -0.1) is 11.3 Å². The lowest BCUT2D eigenvalue weighted by atomic mass is 10.1. The van der Waals surface area contributed by atoms with E-state index in [9.17, 15) is 4.79 Å². The highest BCUT2D eigenvalue weighted by Crippen LogP contribution is 2.33. The highest BCUT2D eigenvalue weighted by atomic mass is 79.9. The number of esters is 1. The minimum Gasteiger partial charge on any atom is -0.466 e. The van der Waals surface area contributed by atoms with Crippen LogP contribution in [0.15, 0.2) is 10.5 Å². The van der Waals surface area contributed by atoms with E-state index in [4.69, 9.17) is 10.5 Å². The molecule has 0 fully saturated rings. The molecule has 1 unspecified atom stereocenters. The van der Waals surface area contributed by atoms with Crippen LogP contribution in [-0.4, -0.2) is 12.6 Å². The molecule has 0 bridgehead atoms. The van der Waals surface area contributed by atoms with E-state index in [1.165, 1.54) is 9.75 Å². The van der Waals surface area contributed by atoms with Crippen molar-refractivity contribution in [2.45, 2.75) is 45.6 Å². The second-order valence-corrected chi connectivity index (χ2v) is 6.37. The first kappa shape index (κ1) is 15.7. The van der Waals surface area contributed by atoms with E-state index in [1.807, 2.05) is 6.92 Å². The molecule has 1 atom stereocenters. The molecule has 1 heterocycles. The molecule has 0 radical (unpaired) electrons. The Kier molecular flexibility index (Phi) is 6.89. The van der Waals surface area contributed by atoms with E-state index in [0.29, 0.717) is 13.0 Å². The lowest BCUT2D eigenvalue weighted by Crippen LogP contribution is -2.09. The average Bonchev–Trinajstić information content (AvgIpc) is 2.64. The summed E-state index contributed by atoms with van der Waals surface area (Å²) >= 11 is 5.26. The number of nitrogens with two attached hydrogens (primary N) is 1. The van der Waals surface area contributed by atoms with E-state index >= 15 is 0 Å². The van der Waals surface area contributed by atoms with Gasteiger partial charge in [-0.05, 0) is 48.7 Å². The lowest BCUT2D eigenvalue weighted by Gasteiger charge is -2.10. The molecule has 0 aliphatic carbocycles. The van der Waals surface area contributed by atoms with Crippen LogP contribution in [0.4, 0.5) is 0 Å². The van der Waals surface area contributed by atoms with Gasteiger partial charge in [-0.25, -0.2) is 0 Å². The second-order valence-electron chi connectivity index (χ2n) is 4.23. The number of unbranched alkanes of at least 4 members (excludes halogenated alkanes) is 1. The van der Waals surface area contributed by atoms with Gasteiger partial charge in [-0.1, -0.05) is 6.42 Å². The smallest absolute Gasteiger partial charge is 0.305 e. The number of carbonyl (C=O) groups excluding carboxylic acids is 1. The highest BCUT2D eigenvalue weighted by molar-refractivity contribution is 9.10. The molecule has 0 aromatic carbocycles. The molecule has 0 saturated carbocycles. The fourth-order valence-corrected chi connectivity index (χ4v) is 3.73. The third-order valence-electron chi connectivity index (χ3n) is 2.62. The molecule has 0 saturated heterocycles. The Hall–Kier alpha value is -0.390. The van der Waals surface area contributed by atoms with E-state index in [0.717, 1.165) is 23.7 Å². The summed E-state index contributed by atoms with van der Waals surface area (Å²) in [5.74, 6) is -0.112. The predicted octanol–water partition coefficient (Wildman–Crippen LogP) is 3.94. The van der Waals surface area contributed by atoms with Crippen LogP contribution in [0.2, 0.25) is 0 Å². The van der Waals surface area contributed by atoms with Crippen LogP contribution in [0.25, 0.3) is 0 Å². The maximum Gasteiger partial charge on any atom is 0.305 e. The van der Waals surface area contributed by atoms with Crippen molar-refractivity contribution < 1.29 is 9.53 Å². The van der Waals surface area contributed by atoms with Crippen molar-refractivity contribution in [1.82, 2.24) is 0 Å². The number of hydrogen-bond donors (Lipinski definition) is 1. The van der Waals surface area contributed by atoms with Gasteiger partial charge >= 0.3 is 5.97 Å². The summed E-state index contributed by atoms with van der Waals surface area (Å²) in [6, 6.07) is 2.15. The quantitative estimate of drug-likeness (QED) is 0.607. The summed E-state index contributed by atoms with van der Waals surface area (Å²) in [6.45, 7) is 4.36. The molecule has 0 aliphatic rings. The van der Waals surface area contributed by atoms with E-state index < -0.39 is 0 Å². The first-order valence-electron chi connectivity index (χ1n) is 6.21. The summed E-state index contributed by atoms with van der Waals surface area (Å²) in [7, 11) is 0. The molecule has 1 aromatic rings. The molecule has 5 heteroatoms. The number of hydrogen-bond acceptors (Lipinski definition) is 4. The minimum absolute atomic E-state index is 0.0558. The molecule has 1 aromatic heterocycles. The summed E-state index contributed by atoms with van der Waals surface area (Å²) in [4.78, 5) is 13.6. The van der Waals surface area contributed by atoms with Crippen molar-refractivity contribution in [3.05, 3.63) is 20.3 Å². The maximum atomic E-state index is 11.2. The molecule has 0 spiro atoms. The van der Waals surface area contributed by atoms with Crippen LogP contribution in [-0.2, 0) is 9.53 Å². The van der Waals surface area contributed by atoms with Crippen LogP contribution in [0, 0.1) is 6.92 Å². The Labute approximate surface area is 121 Å². The number of thiophene rings is 1. The Morgan fingerprint density at radius 1 is 1.56 bits per heavy atom. The largest absolute Gasteiger partial charge is 0.466 e. The van der Waals surface area contributed by atoms with Gasteiger partial charge in [0.05, 0.1) is 6.61 Å². The highest BCUT2D eigenvalue weighted by Gasteiger charge is 2.13. The van der Waals surface area contributed by atoms with Crippen molar-refractivity contribution in [3.63, 3.8) is 0 Å². The van der Waals surface area contributed by atoms with Crippen molar-refractivity contribution in [2.24, 2.45) is 5.73 Å². The molecule has 0 aliphatic heterocycles. The van der Waals surface area contributed by atoms with Gasteiger partial charge in [0.25, 0.3) is 0 Å². The monoisotopic (exact) mass is 333 g/mol. The molecule has 2 N–H and O–H groups in total. The van der Waals surface area contributed by atoms with Gasteiger partial charge in [0.1, 0.15) is 0 Å². The zero-order valence-corrected chi connectivity index (χ0v) is 13.3. The molecular formula is C13H20BrNO2S.